The lowest BCUT2D eigenvalue weighted by Gasteiger charge is -2.32. The molecule has 1 aromatic heterocycles. The molecule has 0 N–H and O–H groups in total. The van der Waals surface area contributed by atoms with E-state index in [-0.39, 0.29) is 18.3 Å². The highest BCUT2D eigenvalue weighted by Gasteiger charge is 2.51. The van der Waals surface area contributed by atoms with E-state index in [0.717, 1.165) is 24.4 Å². The van der Waals surface area contributed by atoms with Crippen LogP contribution in [-0.2, 0) is 9.31 Å². The molecule has 0 unspecified atom stereocenters. The summed E-state index contributed by atoms with van der Waals surface area (Å²) in [6, 6.07) is 4.15. The van der Waals surface area contributed by atoms with Crippen LogP contribution in [0.1, 0.15) is 40.5 Å². The Morgan fingerprint density at radius 2 is 1.65 bits per heavy atom. The maximum atomic E-state index is 6.04. The van der Waals surface area contributed by atoms with E-state index in [1.807, 2.05) is 6.20 Å². The van der Waals surface area contributed by atoms with Gasteiger partial charge in [-0.05, 0) is 46.6 Å². The van der Waals surface area contributed by atoms with Crippen molar-refractivity contribution in [3.8, 4) is 0 Å². The van der Waals surface area contributed by atoms with E-state index >= 15 is 0 Å². The normalized spacial score (nSPS) is 24.4. The van der Waals surface area contributed by atoms with Gasteiger partial charge in [-0.1, -0.05) is 6.07 Å². The Bertz CT molecular complexity index is 465. The van der Waals surface area contributed by atoms with Gasteiger partial charge < -0.3 is 14.2 Å². The van der Waals surface area contributed by atoms with E-state index in [0.29, 0.717) is 0 Å². The minimum absolute atomic E-state index is 0.300. The summed E-state index contributed by atoms with van der Waals surface area (Å²) in [4.78, 5) is 6.89. The number of rotatable bonds is 2. The number of anilines is 1. The highest BCUT2D eigenvalue weighted by molar-refractivity contribution is 6.62. The molecule has 0 spiro atoms. The first-order chi connectivity index (χ1) is 9.39. The lowest BCUT2D eigenvalue weighted by Crippen LogP contribution is -2.41. The molecule has 2 aliphatic heterocycles. The van der Waals surface area contributed by atoms with Crippen molar-refractivity contribution >= 4 is 18.4 Å². The van der Waals surface area contributed by atoms with E-state index in [1.165, 1.54) is 12.8 Å². The minimum Gasteiger partial charge on any atom is -0.399 e. The molecule has 0 aromatic carbocycles. The van der Waals surface area contributed by atoms with Gasteiger partial charge in [0, 0.05) is 24.7 Å². The van der Waals surface area contributed by atoms with Gasteiger partial charge in [0.05, 0.1) is 11.2 Å². The first-order valence-corrected chi connectivity index (χ1v) is 7.46. The Morgan fingerprint density at radius 3 is 2.15 bits per heavy atom. The summed E-state index contributed by atoms with van der Waals surface area (Å²) < 4.78 is 12.1. The lowest BCUT2D eigenvalue weighted by molar-refractivity contribution is 0.00578. The molecule has 4 nitrogen and oxygen atoms in total. The molecule has 2 aliphatic rings. The monoisotopic (exact) mass is 274 g/mol. The fourth-order valence-electron chi connectivity index (χ4n) is 2.65. The third kappa shape index (κ3) is 2.33. The molecule has 1 aromatic rings. The molecule has 0 atom stereocenters. The Hall–Kier alpha value is -1.07. The zero-order valence-electron chi connectivity index (χ0n) is 12.8. The van der Waals surface area contributed by atoms with Crippen LogP contribution in [-0.4, -0.2) is 36.4 Å². The minimum atomic E-state index is -0.319. The second-order valence-corrected chi connectivity index (χ2v) is 6.73. The van der Waals surface area contributed by atoms with Crippen LogP contribution in [0.4, 0.5) is 5.82 Å². The topological polar surface area (TPSA) is 34.6 Å². The van der Waals surface area contributed by atoms with Crippen LogP contribution in [0.25, 0.3) is 0 Å². The zero-order valence-corrected chi connectivity index (χ0v) is 12.8. The van der Waals surface area contributed by atoms with Crippen LogP contribution in [0.3, 0.4) is 0 Å². The van der Waals surface area contributed by atoms with Crippen LogP contribution in [0.2, 0.25) is 0 Å². The number of aromatic nitrogens is 1. The Labute approximate surface area is 121 Å². The van der Waals surface area contributed by atoms with Crippen molar-refractivity contribution in [1.82, 2.24) is 4.98 Å². The molecule has 3 heterocycles. The van der Waals surface area contributed by atoms with Crippen LogP contribution < -0.4 is 10.4 Å². The number of hydrogen-bond donors (Lipinski definition) is 0. The van der Waals surface area contributed by atoms with Gasteiger partial charge in [-0.3, -0.25) is 0 Å². The van der Waals surface area contributed by atoms with E-state index < -0.39 is 0 Å². The lowest BCUT2D eigenvalue weighted by atomic mass is 9.80. The molecule has 0 saturated carbocycles. The second-order valence-electron chi connectivity index (χ2n) is 6.73. The van der Waals surface area contributed by atoms with Gasteiger partial charge in [-0.2, -0.15) is 0 Å². The number of hydrogen-bond acceptors (Lipinski definition) is 4. The van der Waals surface area contributed by atoms with Crippen LogP contribution in [0.5, 0.6) is 0 Å². The quantitative estimate of drug-likeness (QED) is 0.772. The molecule has 0 amide bonds. The summed E-state index contributed by atoms with van der Waals surface area (Å²) in [6.45, 7) is 10.5. The van der Waals surface area contributed by atoms with Crippen LogP contribution in [0, 0.1) is 0 Å². The molecule has 5 heteroatoms. The third-order valence-electron chi connectivity index (χ3n) is 4.73. The van der Waals surface area contributed by atoms with Gasteiger partial charge in [0.1, 0.15) is 5.82 Å². The van der Waals surface area contributed by atoms with Crippen molar-refractivity contribution in [3.05, 3.63) is 18.3 Å². The van der Waals surface area contributed by atoms with E-state index in [1.54, 1.807) is 0 Å². The molecular weight excluding hydrogens is 251 g/mol. The predicted octanol–water partition coefficient (Wildman–Crippen LogP) is 1.98. The fourth-order valence-corrected chi connectivity index (χ4v) is 2.65. The molecule has 2 fully saturated rings. The Kier molecular flexibility index (Phi) is 3.29. The molecule has 2 saturated heterocycles. The molecule has 0 aliphatic carbocycles. The maximum Gasteiger partial charge on any atom is 0.496 e. The summed E-state index contributed by atoms with van der Waals surface area (Å²) >= 11 is 0. The second kappa shape index (κ2) is 4.74. The Morgan fingerprint density at radius 1 is 1.05 bits per heavy atom. The third-order valence-corrected chi connectivity index (χ3v) is 4.73. The summed E-state index contributed by atoms with van der Waals surface area (Å²) in [6.07, 6.45) is 4.41. The van der Waals surface area contributed by atoms with Gasteiger partial charge in [0.2, 0.25) is 0 Å². The number of pyridine rings is 1. The van der Waals surface area contributed by atoms with Crippen molar-refractivity contribution in [2.75, 3.05) is 18.0 Å². The van der Waals surface area contributed by atoms with Gasteiger partial charge in [-0.15, -0.1) is 0 Å². The van der Waals surface area contributed by atoms with E-state index in [4.69, 9.17) is 9.31 Å². The highest BCUT2D eigenvalue weighted by Crippen LogP contribution is 2.36. The maximum absolute atomic E-state index is 6.04. The smallest absolute Gasteiger partial charge is 0.399 e. The van der Waals surface area contributed by atoms with E-state index in [2.05, 4.69) is 49.7 Å². The standard InChI is InChI=1S/C15H23BN2O2/c1-14(2)15(3,4)20-16(19-14)12-7-8-13(17-11-12)18-9-5-6-10-18/h7-8,11H,5-6,9-10H2,1-4H3. The predicted molar refractivity (Wildman–Crippen MR) is 81.4 cm³/mol. The van der Waals surface area contributed by atoms with Gasteiger partial charge in [0.25, 0.3) is 0 Å². The molecule has 3 rings (SSSR count). The molecule has 108 valence electrons. The van der Waals surface area contributed by atoms with Gasteiger partial charge in [0.15, 0.2) is 0 Å². The summed E-state index contributed by atoms with van der Waals surface area (Å²) in [7, 11) is -0.319. The molecular formula is C15H23BN2O2. The average molecular weight is 274 g/mol. The van der Waals surface area contributed by atoms with Crippen molar-refractivity contribution < 1.29 is 9.31 Å². The van der Waals surface area contributed by atoms with Gasteiger partial charge in [-0.25, -0.2) is 4.98 Å². The van der Waals surface area contributed by atoms with Crippen molar-refractivity contribution in [2.45, 2.75) is 51.7 Å². The zero-order chi connectivity index (χ0) is 14.4. The van der Waals surface area contributed by atoms with Crippen LogP contribution >= 0.6 is 0 Å². The van der Waals surface area contributed by atoms with Crippen molar-refractivity contribution in [2.24, 2.45) is 0 Å². The first-order valence-electron chi connectivity index (χ1n) is 7.46. The van der Waals surface area contributed by atoms with Crippen molar-refractivity contribution in [3.63, 3.8) is 0 Å². The van der Waals surface area contributed by atoms with Crippen molar-refractivity contribution in [1.29, 1.82) is 0 Å². The average Bonchev–Trinajstić information content (AvgIpc) is 2.97. The number of nitrogens with zero attached hydrogens (tertiary/aromatic N) is 2. The molecule has 0 radical (unpaired) electrons. The first kappa shape index (κ1) is 13.9. The summed E-state index contributed by atoms with van der Waals surface area (Å²) in [5, 5.41) is 0. The van der Waals surface area contributed by atoms with Crippen LogP contribution in [0.15, 0.2) is 18.3 Å². The van der Waals surface area contributed by atoms with E-state index in [9.17, 15) is 0 Å². The summed E-state index contributed by atoms with van der Waals surface area (Å²) in [5.41, 5.74) is 0.392. The largest absolute Gasteiger partial charge is 0.496 e. The fraction of sp³-hybridized carbons (Fsp3) is 0.667. The highest BCUT2D eigenvalue weighted by atomic mass is 16.7. The molecule has 20 heavy (non-hydrogen) atoms. The SMILES string of the molecule is CC1(C)OB(c2ccc(N3CCCC3)nc2)OC1(C)C. The Balaban J connectivity index is 1.75. The molecule has 0 bridgehead atoms. The van der Waals surface area contributed by atoms with Gasteiger partial charge >= 0.3 is 7.12 Å². The summed E-state index contributed by atoms with van der Waals surface area (Å²) in [5.74, 6) is 1.06.